The molecule has 4 rings (SSSR count). The molecule has 0 atom stereocenters. The van der Waals surface area contributed by atoms with Gasteiger partial charge in [0, 0.05) is 35.9 Å². The number of anilines is 1. The molecule has 0 radical (unpaired) electrons. The van der Waals surface area contributed by atoms with E-state index < -0.39 is 11.7 Å². The molecule has 2 nitrogen and oxygen atoms in total. The molecule has 0 saturated carbocycles. The molecule has 5 heteroatoms. The van der Waals surface area contributed by atoms with Gasteiger partial charge in [-0.2, -0.15) is 13.2 Å². The number of rotatable bonds is 1. The molecule has 0 fully saturated rings. The third kappa shape index (κ3) is 2.35. The van der Waals surface area contributed by atoms with Crippen LogP contribution in [0.3, 0.4) is 0 Å². The third-order valence-corrected chi connectivity index (χ3v) is 4.85. The van der Waals surface area contributed by atoms with Crippen LogP contribution in [0, 0.1) is 0 Å². The lowest BCUT2D eigenvalue weighted by Crippen LogP contribution is -2.31. The summed E-state index contributed by atoms with van der Waals surface area (Å²) in [6.45, 7) is 1.35. The molecule has 0 N–H and O–H groups in total. The number of alkyl halides is 3. The summed E-state index contributed by atoms with van der Waals surface area (Å²) in [5, 5.41) is 1.25. The summed E-state index contributed by atoms with van der Waals surface area (Å²) in [6.07, 6.45) is -3.47. The van der Waals surface area contributed by atoms with Crippen LogP contribution in [0.2, 0.25) is 0 Å². The maximum Gasteiger partial charge on any atom is 0.416 e. The highest BCUT2D eigenvalue weighted by atomic mass is 19.4. The Hall–Kier alpha value is -2.43. The van der Waals surface area contributed by atoms with Gasteiger partial charge in [-0.15, -0.1) is 0 Å². The molecule has 0 amide bonds. The van der Waals surface area contributed by atoms with Gasteiger partial charge in [0.05, 0.1) is 12.1 Å². The van der Waals surface area contributed by atoms with Gasteiger partial charge in [-0.05, 0) is 36.2 Å². The minimum absolute atomic E-state index is 0.595. The van der Waals surface area contributed by atoms with Gasteiger partial charge in [0.25, 0.3) is 0 Å². The van der Waals surface area contributed by atoms with Crippen molar-refractivity contribution in [2.45, 2.75) is 19.1 Å². The molecule has 0 unspecified atom stereocenters. The first-order chi connectivity index (χ1) is 11.4. The van der Waals surface area contributed by atoms with Crippen LogP contribution in [0.1, 0.15) is 16.8 Å². The van der Waals surface area contributed by atoms with Crippen molar-refractivity contribution in [1.29, 1.82) is 0 Å². The minimum atomic E-state index is -4.31. The van der Waals surface area contributed by atoms with Gasteiger partial charge < -0.3 is 9.47 Å². The van der Waals surface area contributed by atoms with Crippen molar-refractivity contribution < 1.29 is 13.2 Å². The number of nitrogens with zero attached hydrogens (tertiary/aromatic N) is 2. The van der Waals surface area contributed by atoms with Crippen LogP contribution in [-0.2, 0) is 26.2 Å². The summed E-state index contributed by atoms with van der Waals surface area (Å²) in [7, 11) is 2.02. The zero-order valence-electron chi connectivity index (χ0n) is 13.3. The van der Waals surface area contributed by atoms with E-state index >= 15 is 0 Å². The molecule has 0 saturated heterocycles. The zero-order chi connectivity index (χ0) is 16.9. The highest BCUT2D eigenvalue weighted by molar-refractivity contribution is 5.86. The Kier molecular flexibility index (Phi) is 3.34. The fourth-order valence-corrected chi connectivity index (χ4v) is 3.61. The Morgan fingerprint density at radius 1 is 1.00 bits per heavy atom. The first kappa shape index (κ1) is 15.1. The fraction of sp³-hybridized carbons (Fsp3) is 0.263. The summed E-state index contributed by atoms with van der Waals surface area (Å²) in [6, 6.07) is 13.8. The van der Waals surface area contributed by atoms with Crippen LogP contribution < -0.4 is 4.90 Å². The van der Waals surface area contributed by atoms with E-state index in [9.17, 15) is 13.2 Å². The van der Waals surface area contributed by atoms with E-state index in [4.69, 9.17) is 0 Å². The molecule has 3 aromatic rings. The largest absolute Gasteiger partial charge is 0.416 e. The highest BCUT2D eigenvalue weighted by Crippen LogP contribution is 2.35. The molecular weight excluding hydrogens is 313 g/mol. The van der Waals surface area contributed by atoms with E-state index in [1.54, 1.807) is 6.07 Å². The third-order valence-electron chi connectivity index (χ3n) is 4.85. The van der Waals surface area contributed by atoms with Crippen LogP contribution in [0.5, 0.6) is 0 Å². The molecule has 1 aliphatic heterocycles. The van der Waals surface area contributed by atoms with Crippen LogP contribution in [-0.4, -0.2) is 11.1 Å². The average molecular weight is 330 g/mol. The number of fused-ring (bicyclic) bond motifs is 3. The molecule has 1 aromatic heterocycles. The van der Waals surface area contributed by atoms with Gasteiger partial charge in [0.1, 0.15) is 0 Å². The Bertz CT molecular complexity index is 909. The Balaban J connectivity index is 1.73. The van der Waals surface area contributed by atoms with Gasteiger partial charge >= 0.3 is 6.18 Å². The Morgan fingerprint density at radius 2 is 1.79 bits per heavy atom. The molecular formula is C19H17F3N2. The second-order valence-corrected chi connectivity index (χ2v) is 6.22. The summed E-state index contributed by atoms with van der Waals surface area (Å²) < 4.78 is 41.0. The first-order valence-corrected chi connectivity index (χ1v) is 7.92. The lowest BCUT2D eigenvalue weighted by atomic mass is 10.0. The standard InChI is InChI=1S/C19H17F3N2/c1-23-17-8-3-2-7-15(17)16-9-10-24(12-18(16)23)14-6-4-5-13(11-14)19(20,21)22/h2-8,11H,9-10,12H2,1H3. The number of benzene rings is 2. The van der Waals surface area contributed by atoms with Gasteiger partial charge in [-0.3, -0.25) is 0 Å². The lowest BCUT2D eigenvalue weighted by molar-refractivity contribution is -0.137. The topological polar surface area (TPSA) is 8.17 Å². The second kappa shape index (κ2) is 5.30. The van der Waals surface area contributed by atoms with Gasteiger partial charge in [0.15, 0.2) is 0 Å². The molecule has 124 valence electrons. The number of hydrogen-bond acceptors (Lipinski definition) is 1. The van der Waals surface area contributed by atoms with Crippen molar-refractivity contribution in [3.8, 4) is 0 Å². The molecule has 1 aliphatic rings. The number of aromatic nitrogens is 1. The summed E-state index contributed by atoms with van der Waals surface area (Å²) >= 11 is 0. The van der Waals surface area contributed by atoms with Crippen molar-refractivity contribution in [2.24, 2.45) is 7.05 Å². The SMILES string of the molecule is Cn1c2c(c3ccccc31)CCN(c1cccc(C(F)(F)F)c1)C2. The van der Waals surface area contributed by atoms with Crippen molar-refractivity contribution in [3.05, 3.63) is 65.4 Å². The first-order valence-electron chi connectivity index (χ1n) is 7.92. The lowest BCUT2D eigenvalue weighted by Gasteiger charge is -2.30. The van der Waals surface area contributed by atoms with E-state index in [1.165, 1.54) is 34.3 Å². The van der Waals surface area contributed by atoms with Crippen molar-refractivity contribution in [3.63, 3.8) is 0 Å². The van der Waals surface area contributed by atoms with Gasteiger partial charge in [-0.1, -0.05) is 24.3 Å². The maximum absolute atomic E-state index is 13.0. The molecule has 0 bridgehead atoms. The molecule has 24 heavy (non-hydrogen) atoms. The highest BCUT2D eigenvalue weighted by Gasteiger charge is 2.31. The van der Waals surface area contributed by atoms with Gasteiger partial charge in [-0.25, -0.2) is 0 Å². The van der Waals surface area contributed by atoms with E-state index in [-0.39, 0.29) is 0 Å². The predicted octanol–water partition coefficient (Wildman–Crippen LogP) is 4.76. The summed E-state index contributed by atoms with van der Waals surface area (Å²) in [5.74, 6) is 0. The zero-order valence-corrected chi connectivity index (χ0v) is 13.3. The predicted molar refractivity (Wildman–Crippen MR) is 89.1 cm³/mol. The van der Waals surface area contributed by atoms with Crippen molar-refractivity contribution in [2.75, 3.05) is 11.4 Å². The fourth-order valence-electron chi connectivity index (χ4n) is 3.61. The van der Waals surface area contributed by atoms with Crippen LogP contribution in [0.25, 0.3) is 10.9 Å². The van der Waals surface area contributed by atoms with Crippen molar-refractivity contribution >= 4 is 16.6 Å². The normalized spacial score (nSPS) is 14.9. The molecule has 2 heterocycles. The Labute approximate surface area is 138 Å². The molecule has 0 spiro atoms. The van der Waals surface area contributed by atoms with Gasteiger partial charge in [0.2, 0.25) is 0 Å². The Morgan fingerprint density at radius 3 is 2.58 bits per heavy atom. The quantitative estimate of drug-likeness (QED) is 0.624. The average Bonchev–Trinajstić information content (AvgIpc) is 2.87. The van der Waals surface area contributed by atoms with Crippen LogP contribution in [0.4, 0.5) is 18.9 Å². The van der Waals surface area contributed by atoms with E-state index in [2.05, 4.69) is 16.7 Å². The minimum Gasteiger partial charge on any atom is -0.365 e. The molecule has 0 aliphatic carbocycles. The summed E-state index contributed by atoms with van der Waals surface area (Å²) in [4.78, 5) is 2.02. The summed E-state index contributed by atoms with van der Waals surface area (Å²) in [5.41, 5.74) is 3.70. The number of aryl methyl sites for hydroxylation is 1. The van der Waals surface area contributed by atoms with E-state index in [0.29, 0.717) is 12.2 Å². The van der Waals surface area contributed by atoms with Crippen LogP contribution in [0.15, 0.2) is 48.5 Å². The maximum atomic E-state index is 13.0. The number of halogens is 3. The van der Waals surface area contributed by atoms with Crippen LogP contribution >= 0.6 is 0 Å². The van der Waals surface area contributed by atoms with E-state index in [1.807, 2.05) is 24.1 Å². The smallest absolute Gasteiger partial charge is 0.365 e. The number of para-hydroxylation sites is 1. The molecule has 2 aromatic carbocycles. The van der Waals surface area contributed by atoms with E-state index in [0.717, 1.165) is 19.0 Å². The number of hydrogen-bond donors (Lipinski definition) is 0. The monoisotopic (exact) mass is 330 g/mol. The van der Waals surface area contributed by atoms with Crippen molar-refractivity contribution in [1.82, 2.24) is 4.57 Å². The second-order valence-electron chi connectivity index (χ2n) is 6.22.